The average Bonchev–Trinajstić information content (AvgIpc) is 2.62. The minimum Gasteiger partial charge on any atom is -0.493 e. The van der Waals surface area contributed by atoms with Crippen LogP contribution in [0.15, 0.2) is 42.5 Å². The van der Waals surface area contributed by atoms with Gasteiger partial charge in [-0.25, -0.2) is 0 Å². The summed E-state index contributed by atoms with van der Waals surface area (Å²) in [6.07, 6.45) is -0.0190. The highest BCUT2D eigenvalue weighted by molar-refractivity contribution is 5.81. The largest absolute Gasteiger partial charge is 0.493 e. The quantitative estimate of drug-likeness (QED) is 0.696. The lowest BCUT2D eigenvalue weighted by Crippen LogP contribution is -2.39. The van der Waals surface area contributed by atoms with E-state index in [1.165, 1.54) is 0 Å². The number of ether oxygens (including phenoxy) is 3. The molecule has 5 heteroatoms. The second kappa shape index (κ2) is 9.70. The number of methoxy groups -OCH3 is 1. The lowest BCUT2D eigenvalue weighted by molar-refractivity contribution is -0.128. The zero-order valence-electron chi connectivity index (χ0n) is 15.9. The molecule has 0 aliphatic carbocycles. The summed E-state index contributed by atoms with van der Waals surface area (Å²) in [5.41, 5.74) is 2.31. The molecule has 0 bridgehead atoms. The molecule has 1 N–H and O–H groups in total. The number of nitrogens with one attached hydrogen (secondary N) is 1. The molecular formula is C21H27NO4. The first-order valence-electron chi connectivity index (χ1n) is 8.82. The van der Waals surface area contributed by atoms with E-state index in [-0.39, 0.29) is 5.91 Å². The van der Waals surface area contributed by atoms with Gasteiger partial charge in [-0.15, -0.1) is 0 Å². The molecular weight excluding hydrogens is 330 g/mol. The molecule has 2 aromatic carbocycles. The third kappa shape index (κ3) is 5.69. The average molecular weight is 357 g/mol. The fraction of sp³-hybridized carbons (Fsp3) is 0.381. The van der Waals surface area contributed by atoms with Crippen LogP contribution in [0.5, 0.6) is 17.2 Å². The molecule has 0 unspecified atom stereocenters. The maximum Gasteiger partial charge on any atom is 0.261 e. The smallest absolute Gasteiger partial charge is 0.261 e. The highest BCUT2D eigenvalue weighted by Gasteiger charge is 2.19. The number of benzene rings is 2. The number of aryl methyl sites for hydroxylation is 2. The summed E-state index contributed by atoms with van der Waals surface area (Å²) >= 11 is 0. The Morgan fingerprint density at radius 3 is 2.35 bits per heavy atom. The summed E-state index contributed by atoms with van der Waals surface area (Å²) in [6, 6.07) is 13.4. The van der Waals surface area contributed by atoms with E-state index in [9.17, 15) is 4.79 Å². The first-order chi connectivity index (χ1) is 12.5. The lowest BCUT2D eigenvalue weighted by Gasteiger charge is -2.19. The van der Waals surface area contributed by atoms with Crippen molar-refractivity contribution in [1.29, 1.82) is 0 Å². The molecule has 140 valence electrons. The zero-order valence-corrected chi connectivity index (χ0v) is 15.9. The Morgan fingerprint density at radius 1 is 1.08 bits per heavy atom. The normalized spacial score (nSPS) is 11.5. The number of amides is 1. The fourth-order valence-corrected chi connectivity index (χ4v) is 2.66. The van der Waals surface area contributed by atoms with Gasteiger partial charge >= 0.3 is 0 Å². The Bertz CT molecular complexity index is 709. The number of hydrogen-bond acceptors (Lipinski definition) is 4. The van der Waals surface area contributed by atoms with E-state index in [0.717, 1.165) is 16.9 Å². The SMILES string of the molecule is CC[C@@H](Oc1ccccc1OC)C(=O)NCCOc1cc(C)cc(C)c1. The topological polar surface area (TPSA) is 56.8 Å². The Kier molecular flexibility index (Phi) is 7.33. The molecule has 0 radical (unpaired) electrons. The third-order valence-corrected chi connectivity index (χ3v) is 3.87. The zero-order chi connectivity index (χ0) is 18.9. The van der Waals surface area contributed by atoms with Gasteiger partial charge in [-0.1, -0.05) is 25.1 Å². The van der Waals surface area contributed by atoms with Crippen molar-refractivity contribution in [2.45, 2.75) is 33.3 Å². The number of carbonyl (C=O) groups excluding carboxylic acids is 1. The lowest BCUT2D eigenvalue weighted by atomic mass is 10.1. The molecule has 0 aliphatic rings. The number of hydrogen-bond donors (Lipinski definition) is 1. The van der Waals surface area contributed by atoms with E-state index < -0.39 is 6.10 Å². The summed E-state index contributed by atoms with van der Waals surface area (Å²) in [5.74, 6) is 1.82. The van der Waals surface area contributed by atoms with Gasteiger partial charge in [-0.2, -0.15) is 0 Å². The van der Waals surface area contributed by atoms with Crippen molar-refractivity contribution in [3.8, 4) is 17.2 Å². The Hall–Kier alpha value is -2.69. The van der Waals surface area contributed by atoms with Crippen molar-refractivity contribution in [3.05, 3.63) is 53.6 Å². The van der Waals surface area contributed by atoms with E-state index in [4.69, 9.17) is 14.2 Å². The van der Waals surface area contributed by atoms with Crippen molar-refractivity contribution in [1.82, 2.24) is 5.32 Å². The molecule has 5 nitrogen and oxygen atoms in total. The van der Waals surface area contributed by atoms with Crippen molar-refractivity contribution < 1.29 is 19.0 Å². The van der Waals surface area contributed by atoms with Crippen LogP contribution < -0.4 is 19.5 Å². The fourth-order valence-electron chi connectivity index (χ4n) is 2.66. The predicted molar refractivity (Wildman–Crippen MR) is 102 cm³/mol. The van der Waals surface area contributed by atoms with Crippen LogP contribution >= 0.6 is 0 Å². The minimum atomic E-state index is -0.576. The number of rotatable bonds is 9. The van der Waals surface area contributed by atoms with Crippen LogP contribution in [0.1, 0.15) is 24.5 Å². The van der Waals surface area contributed by atoms with Crippen LogP contribution in [-0.4, -0.2) is 32.3 Å². The summed E-state index contributed by atoms with van der Waals surface area (Å²) in [5, 5.41) is 2.86. The standard InChI is InChI=1S/C21H27NO4/c1-5-18(26-20-9-7-6-8-19(20)24-4)21(23)22-10-11-25-17-13-15(2)12-16(3)14-17/h6-9,12-14,18H,5,10-11H2,1-4H3,(H,22,23)/t18-/m1/s1. The summed E-state index contributed by atoms with van der Waals surface area (Å²) < 4.78 is 16.8. The van der Waals surface area contributed by atoms with Crippen LogP contribution in [-0.2, 0) is 4.79 Å². The van der Waals surface area contributed by atoms with Gasteiger partial charge < -0.3 is 19.5 Å². The Morgan fingerprint density at radius 2 is 1.73 bits per heavy atom. The van der Waals surface area contributed by atoms with Gasteiger partial charge in [0.2, 0.25) is 0 Å². The van der Waals surface area contributed by atoms with Crippen molar-refractivity contribution >= 4 is 5.91 Å². The van der Waals surface area contributed by atoms with Crippen LogP contribution in [0.25, 0.3) is 0 Å². The molecule has 0 aliphatic heterocycles. The van der Waals surface area contributed by atoms with Gasteiger partial charge in [0.25, 0.3) is 5.91 Å². The third-order valence-electron chi connectivity index (χ3n) is 3.87. The second-order valence-electron chi connectivity index (χ2n) is 6.13. The van der Waals surface area contributed by atoms with Gasteiger partial charge in [0.05, 0.1) is 13.7 Å². The first kappa shape index (κ1) is 19.6. The van der Waals surface area contributed by atoms with E-state index in [1.807, 2.05) is 45.0 Å². The second-order valence-corrected chi connectivity index (χ2v) is 6.13. The molecule has 0 saturated heterocycles. The van der Waals surface area contributed by atoms with E-state index in [0.29, 0.717) is 31.1 Å². The molecule has 26 heavy (non-hydrogen) atoms. The van der Waals surface area contributed by atoms with Gasteiger partial charge in [0, 0.05) is 0 Å². The number of para-hydroxylation sites is 2. The van der Waals surface area contributed by atoms with Crippen LogP contribution in [0.3, 0.4) is 0 Å². The molecule has 2 aromatic rings. The molecule has 0 aromatic heterocycles. The maximum absolute atomic E-state index is 12.4. The molecule has 0 saturated carbocycles. The monoisotopic (exact) mass is 357 g/mol. The Labute approximate surface area is 155 Å². The molecule has 0 heterocycles. The molecule has 1 atom stereocenters. The van der Waals surface area contributed by atoms with Gasteiger partial charge in [0.15, 0.2) is 17.6 Å². The summed E-state index contributed by atoms with van der Waals surface area (Å²) in [6.45, 7) is 6.79. The van der Waals surface area contributed by atoms with Gasteiger partial charge in [-0.05, 0) is 55.7 Å². The highest BCUT2D eigenvalue weighted by Crippen LogP contribution is 2.27. The van der Waals surface area contributed by atoms with Crippen molar-refractivity contribution in [3.63, 3.8) is 0 Å². The van der Waals surface area contributed by atoms with Crippen LogP contribution in [0, 0.1) is 13.8 Å². The summed E-state index contributed by atoms with van der Waals surface area (Å²) in [4.78, 5) is 12.4. The predicted octanol–water partition coefficient (Wildman–Crippen LogP) is 3.66. The van der Waals surface area contributed by atoms with E-state index in [1.54, 1.807) is 19.2 Å². The van der Waals surface area contributed by atoms with E-state index in [2.05, 4.69) is 11.4 Å². The minimum absolute atomic E-state index is 0.164. The first-order valence-corrected chi connectivity index (χ1v) is 8.82. The molecule has 0 spiro atoms. The molecule has 1 amide bonds. The van der Waals surface area contributed by atoms with Crippen LogP contribution in [0.4, 0.5) is 0 Å². The maximum atomic E-state index is 12.4. The van der Waals surface area contributed by atoms with Gasteiger partial charge in [-0.3, -0.25) is 4.79 Å². The molecule has 2 rings (SSSR count). The van der Waals surface area contributed by atoms with Crippen molar-refractivity contribution in [2.24, 2.45) is 0 Å². The number of carbonyl (C=O) groups is 1. The van der Waals surface area contributed by atoms with Crippen LogP contribution in [0.2, 0.25) is 0 Å². The summed E-state index contributed by atoms with van der Waals surface area (Å²) in [7, 11) is 1.58. The Balaban J connectivity index is 1.83. The molecule has 0 fully saturated rings. The highest BCUT2D eigenvalue weighted by atomic mass is 16.5. The van der Waals surface area contributed by atoms with Gasteiger partial charge in [0.1, 0.15) is 12.4 Å². The van der Waals surface area contributed by atoms with E-state index >= 15 is 0 Å². The van der Waals surface area contributed by atoms with Crippen molar-refractivity contribution in [2.75, 3.05) is 20.3 Å².